The summed E-state index contributed by atoms with van der Waals surface area (Å²) in [6, 6.07) is 11.0. The first kappa shape index (κ1) is 31.0. The summed E-state index contributed by atoms with van der Waals surface area (Å²) in [6.07, 6.45) is -0.741. The number of aromatic nitrogens is 4. The highest BCUT2D eigenvalue weighted by Gasteiger charge is 2.17. The Morgan fingerprint density at radius 1 is 0.821 bits per heavy atom. The molecule has 4 rings (SSSR count). The molecule has 0 aliphatic rings. The van der Waals surface area contributed by atoms with Crippen molar-refractivity contribution in [3.8, 4) is 11.8 Å². The fraction of sp³-hybridized carbons (Fsp3) is 0.320. The topological polar surface area (TPSA) is 126 Å². The van der Waals surface area contributed by atoms with Gasteiger partial charge < -0.3 is 24.1 Å². The van der Waals surface area contributed by atoms with Crippen LogP contribution in [0.3, 0.4) is 0 Å². The fourth-order valence-corrected chi connectivity index (χ4v) is 4.05. The maximum absolute atomic E-state index is 11.4. The van der Waals surface area contributed by atoms with Gasteiger partial charge in [-0.25, -0.2) is 14.8 Å². The molecule has 2 aromatic carbocycles. The van der Waals surface area contributed by atoms with E-state index in [1.54, 1.807) is 26.8 Å². The SMILES string of the molecule is CC(C)(C)OC(=O)OCCOc1nc(Cl)nc2ccc(Br)cc12.OCCOc1nc(Cl)nc2ccc(Br)cc12. The van der Waals surface area contributed by atoms with Crippen molar-refractivity contribution in [2.24, 2.45) is 0 Å². The van der Waals surface area contributed by atoms with Gasteiger partial charge in [0.1, 0.15) is 25.4 Å². The zero-order valence-corrected chi connectivity index (χ0v) is 25.8. The Balaban J connectivity index is 0.000000230. The normalized spacial score (nSPS) is 11.1. The molecule has 0 radical (unpaired) electrons. The molecule has 0 spiro atoms. The van der Waals surface area contributed by atoms with Crippen LogP contribution in [0.1, 0.15) is 20.8 Å². The lowest BCUT2D eigenvalue weighted by molar-refractivity contribution is -0.0115. The van der Waals surface area contributed by atoms with E-state index in [1.807, 2.05) is 30.3 Å². The van der Waals surface area contributed by atoms with Crippen LogP contribution in [0, 0.1) is 0 Å². The van der Waals surface area contributed by atoms with E-state index in [4.69, 9.17) is 47.3 Å². The maximum Gasteiger partial charge on any atom is 0.508 e. The number of benzene rings is 2. The minimum Gasteiger partial charge on any atom is -0.475 e. The second kappa shape index (κ2) is 14.2. The number of rotatable bonds is 7. The quantitative estimate of drug-likeness (QED) is 0.125. The third-order valence-electron chi connectivity index (χ3n) is 4.45. The summed E-state index contributed by atoms with van der Waals surface area (Å²) in [6.45, 7) is 5.54. The van der Waals surface area contributed by atoms with Crippen LogP contribution in [0.25, 0.3) is 21.8 Å². The minimum absolute atomic E-state index is 0.0338. The van der Waals surface area contributed by atoms with Crippen LogP contribution in [0.2, 0.25) is 10.6 Å². The van der Waals surface area contributed by atoms with Crippen molar-refractivity contribution in [2.75, 3.05) is 26.4 Å². The molecule has 4 aromatic rings. The Bertz CT molecular complexity index is 1460. The number of aliphatic hydroxyl groups is 1. The van der Waals surface area contributed by atoms with Crippen molar-refractivity contribution < 1.29 is 28.8 Å². The van der Waals surface area contributed by atoms with E-state index in [0.29, 0.717) is 28.2 Å². The Labute approximate surface area is 251 Å². The van der Waals surface area contributed by atoms with Crippen LogP contribution >= 0.6 is 55.1 Å². The molecule has 2 aromatic heterocycles. The minimum atomic E-state index is -0.741. The smallest absolute Gasteiger partial charge is 0.475 e. The molecule has 2 heterocycles. The molecule has 0 bridgehead atoms. The van der Waals surface area contributed by atoms with E-state index >= 15 is 0 Å². The van der Waals surface area contributed by atoms with Crippen molar-refractivity contribution in [3.63, 3.8) is 0 Å². The predicted octanol–water partition coefficient (Wildman–Crippen LogP) is 6.79. The highest BCUT2D eigenvalue weighted by molar-refractivity contribution is 9.10. The molecule has 10 nitrogen and oxygen atoms in total. The van der Waals surface area contributed by atoms with Gasteiger partial charge in [-0.15, -0.1) is 0 Å². The molecule has 0 amide bonds. The number of halogens is 4. The molecule has 0 saturated carbocycles. The summed E-state index contributed by atoms with van der Waals surface area (Å²) in [5, 5.41) is 10.4. The van der Waals surface area contributed by atoms with Gasteiger partial charge in [0.05, 0.1) is 28.4 Å². The van der Waals surface area contributed by atoms with Crippen LogP contribution in [0.5, 0.6) is 11.8 Å². The molecule has 0 saturated heterocycles. The second-order valence-electron chi connectivity index (χ2n) is 8.65. The van der Waals surface area contributed by atoms with E-state index < -0.39 is 11.8 Å². The maximum atomic E-state index is 11.4. The van der Waals surface area contributed by atoms with Gasteiger partial charge in [0, 0.05) is 8.95 Å². The third kappa shape index (κ3) is 9.87. The van der Waals surface area contributed by atoms with Crippen molar-refractivity contribution >= 4 is 83.0 Å². The molecule has 0 aliphatic heterocycles. The standard InChI is InChI=1S/C15H16BrClN2O4.C10H8BrClN2O2/c1-15(2,3)23-14(20)22-7-6-21-12-10-8-9(16)4-5-11(10)18-13(17)19-12;11-6-1-2-8-7(5-6)9(16-4-3-15)14-10(12)13-8/h4-5,8H,6-7H2,1-3H3;1-2,5,15H,3-4H2. The van der Waals surface area contributed by atoms with E-state index in [9.17, 15) is 4.79 Å². The number of fused-ring (bicyclic) bond motifs is 2. The zero-order chi connectivity index (χ0) is 28.6. The lowest BCUT2D eigenvalue weighted by atomic mass is 10.2. The van der Waals surface area contributed by atoms with Crippen LogP contribution in [-0.2, 0) is 9.47 Å². The molecule has 0 fully saturated rings. The van der Waals surface area contributed by atoms with Crippen LogP contribution in [-0.4, -0.2) is 63.2 Å². The van der Waals surface area contributed by atoms with E-state index in [0.717, 1.165) is 14.3 Å². The third-order valence-corrected chi connectivity index (χ3v) is 5.78. The van der Waals surface area contributed by atoms with Crippen molar-refractivity contribution in [1.29, 1.82) is 0 Å². The average Bonchev–Trinajstić information content (AvgIpc) is 2.85. The van der Waals surface area contributed by atoms with Gasteiger partial charge in [-0.1, -0.05) is 31.9 Å². The molecule has 0 unspecified atom stereocenters. The molecular formula is C25H24Br2Cl2N4O6. The second-order valence-corrected chi connectivity index (χ2v) is 11.2. The van der Waals surface area contributed by atoms with E-state index in [2.05, 4.69) is 51.8 Å². The fourth-order valence-electron chi connectivity index (χ4n) is 3.00. The van der Waals surface area contributed by atoms with Crippen molar-refractivity contribution in [2.45, 2.75) is 26.4 Å². The summed E-state index contributed by atoms with van der Waals surface area (Å²) in [7, 11) is 0. The average molecular weight is 707 g/mol. The van der Waals surface area contributed by atoms with Crippen LogP contribution in [0.15, 0.2) is 45.3 Å². The first-order chi connectivity index (χ1) is 18.4. The molecule has 0 aliphatic carbocycles. The number of carbonyl (C=O) groups excluding carboxylic acids is 1. The molecule has 14 heteroatoms. The van der Waals surface area contributed by atoms with Crippen LogP contribution in [0.4, 0.5) is 4.79 Å². The van der Waals surface area contributed by atoms with Gasteiger partial charge >= 0.3 is 6.16 Å². The van der Waals surface area contributed by atoms with Gasteiger partial charge in [-0.05, 0) is 80.4 Å². The first-order valence-corrected chi connectivity index (χ1v) is 13.8. The predicted molar refractivity (Wildman–Crippen MR) is 155 cm³/mol. The van der Waals surface area contributed by atoms with Crippen molar-refractivity contribution in [1.82, 2.24) is 19.9 Å². The Morgan fingerprint density at radius 2 is 1.31 bits per heavy atom. The van der Waals surface area contributed by atoms with Crippen molar-refractivity contribution in [3.05, 3.63) is 55.9 Å². The lowest BCUT2D eigenvalue weighted by Gasteiger charge is -2.18. The molecule has 0 atom stereocenters. The van der Waals surface area contributed by atoms with Gasteiger partial charge in [-0.3, -0.25) is 0 Å². The van der Waals surface area contributed by atoms with Crippen LogP contribution < -0.4 is 9.47 Å². The number of hydrogen-bond acceptors (Lipinski definition) is 10. The molecular weight excluding hydrogens is 683 g/mol. The number of aliphatic hydroxyl groups excluding tert-OH is 1. The zero-order valence-electron chi connectivity index (χ0n) is 21.1. The summed E-state index contributed by atoms with van der Waals surface area (Å²) >= 11 is 18.4. The number of ether oxygens (including phenoxy) is 4. The lowest BCUT2D eigenvalue weighted by Crippen LogP contribution is -2.25. The van der Waals surface area contributed by atoms with Gasteiger partial charge in [0.25, 0.3) is 0 Å². The highest BCUT2D eigenvalue weighted by atomic mass is 79.9. The summed E-state index contributed by atoms with van der Waals surface area (Å²) in [5.74, 6) is 0.708. The number of carbonyl (C=O) groups is 1. The monoisotopic (exact) mass is 704 g/mol. The summed E-state index contributed by atoms with van der Waals surface area (Å²) in [4.78, 5) is 27.7. The van der Waals surface area contributed by atoms with E-state index in [1.165, 1.54) is 0 Å². The summed E-state index contributed by atoms with van der Waals surface area (Å²) in [5.41, 5.74) is 0.771. The largest absolute Gasteiger partial charge is 0.508 e. The highest BCUT2D eigenvalue weighted by Crippen LogP contribution is 2.28. The molecule has 208 valence electrons. The summed E-state index contributed by atoms with van der Waals surface area (Å²) < 4.78 is 22.6. The van der Waals surface area contributed by atoms with Gasteiger partial charge in [-0.2, -0.15) is 9.97 Å². The molecule has 39 heavy (non-hydrogen) atoms. The number of hydrogen-bond donors (Lipinski definition) is 1. The Morgan fingerprint density at radius 3 is 1.77 bits per heavy atom. The van der Waals surface area contributed by atoms with E-state index in [-0.39, 0.29) is 37.0 Å². The van der Waals surface area contributed by atoms with Gasteiger partial charge in [0.2, 0.25) is 22.3 Å². The number of nitrogens with zero attached hydrogens (tertiary/aromatic N) is 4. The Kier molecular flexibility index (Phi) is 11.3. The Hall–Kier alpha value is -2.51. The first-order valence-electron chi connectivity index (χ1n) is 11.4. The van der Waals surface area contributed by atoms with Gasteiger partial charge in [0.15, 0.2) is 0 Å². The molecule has 1 N–H and O–H groups in total.